The molecule has 1 amide bonds. The molecule has 0 saturated carbocycles. The highest BCUT2D eigenvalue weighted by molar-refractivity contribution is 7.98. The normalized spacial score (nSPS) is 11.9. The fourth-order valence-corrected chi connectivity index (χ4v) is 4.09. The SMILES string of the molecule is Cc1cc(C)cc(O[C@@H](C)C(=O)NCCSCc2c(Cl)cccc2Cl)c1. The molecule has 0 heterocycles. The fraction of sp³-hybridized carbons (Fsp3) is 0.350. The van der Waals surface area contributed by atoms with Gasteiger partial charge in [0.05, 0.1) is 0 Å². The van der Waals surface area contributed by atoms with E-state index < -0.39 is 6.10 Å². The van der Waals surface area contributed by atoms with Crippen molar-refractivity contribution in [2.45, 2.75) is 32.6 Å². The van der Waals surface area contributed by atoms with Crippen LogP contribution in [0.25, 0.3) is 0 Å². The van der Waals surface area contributed by atoms with Gasteiger partial charge in [0.2, 0.25) is 0 Å². The molecular formula is C20H23Cl2NO2S. The van der Waals surface area contributed by atoms with Crippen LogP contribution in [0.2, 0.25) is 10.0 Å². The standard InChI is InChI=1S/C20H23Cl2NO2S/c1-13-9-14(2)11-16(10-13)25-15(3)20(24)23-7-8-26-12-17-18(21)5-4-6-19(17)22/h4-6,9-11,15H,7-8,12H2,1-3H3,(H,23,24)/t15-/m0/s1. The molecule has 1 N–H and O–H groups in total. The van der Waals surface area contributed by atoms with Crippen LogP contribution in [-0.2, 0) is 10.5 Å². The van der Waals surface area contributed by atoms with Crippen LogP contribution in [0.4, 0.5) is 0 Å². The van der Waals surface area contributed by atoms with Crippen molar-refractivity contribution >= 4 is 40.9 Å². The van der Waals surface area contributed by atoms with Crippen LogP contribution >= 0.6 is 35.0 Å². The van der Waals surface area contributed by atoms with E-state index in [4.69, 9.17) is 27.9 Å². The molecule has 0 radical (unpaired) electrons. The number of aryl methyl sites for hydroxylation is 2. The molecule has 3 nitrogen and oxygen atoms in total. The maximum Gasteiger partial charge on any atom is 0.260 e. The molecule has 140 valence electrons. The Morgan fingerprint density at radius 2 is 1.77 bits per heavy atom. The highest BCUT2D eigenvalue weighted by Crippen LogP contribution is 2.28. The Balaban J connectivity index is 1.72. The molecule has 0 aromatic heterocycles. The summed E-state index contributed by atoms with van der Waals surface area (Å²) in [6.45, 7) is 6.33. The molecule has 2 rings (SSSR count). The second-order valence-corrected chi connectivity index (χ2v) is 8.05. The molecule has 0 spiro atoms. The van der Waals surface area contributed by atoms with E-state index in [1.807, 2.05) is 44.2 Å². The largest absolute Gasteiger partial charge is 0.481 e. The van der Waals surface area contributed by atoms with Gasteiger partial charge in [-0.2, -0.15) is 11.8 Å². The third-order valence-electron chi connectivity index (χ3n) is 3.73. The maximum absolute atomic E-state index is 12.2. The van der Waals surface area contributed by atoms with Crippen molar-refractivity contribution < 1.29 is 9.53 Å². The van der Waals surface area contributed by atoms with E-state index in [-0.39, 0.29) is 5.91 Å². The van der Waals surface area contributed by atoms with Crippen LogP contribution in [0.1, 0.15) is 23.6 Å². The third-order valence-corrected chi connectivity index (χ3v) is 5.42. The van der Waals surface area contributed by atoms with Gasteiger partial charge in [-0.15, -0.1) is 0 Å². The number of benzene rings is 2. The van der Waals surface area contributed by atoms with Crippen LogP contribution in [-0.4, -0.2) is 24.3 Å². The predicted octanol–water partition coefficient (Wildman–Crippen LogP) is 5.43. The molecule has 0 unspecified atom stereocenters. The van der Waals surface area contributed by atoms with Gasteiger partial charge >= 0.3 is 0 Å². The van der Waals surface area contributed by atoms with Crippen molar-refractivity contribution in [3.05, 3.63) is 63.1 Å². The average molecular weight is 412 g/mol. The summed E-state index contributed by atoms with van der Waals surface area (Å²) in [7, 11) is 0. The quantitative estimate of drug-likeness (QED) is 0.588. The minimum absolute atomic E-state index is 0.125. The van der Waals surface area contributed by atoms with Gasteiger partial charge in [0.15, 0.2) is 6.10 Å². The van der Waals surface area contributed by atoms with Crippen LogP contribution in [0.5, 0.6) is 5.75 Å². The number of thioether (sulfide) groups is 1. The first-order chi connectivity index (χ1) is 12.4. The van der Waals surface area contributed by atoms with Crippen LogP contribution < -0.4 is 10.1 Å². The molecule has 0 bridgehead atoms. The molecule has 0 aliphatic heterocycles. The zero-order chi connectivity index (χ0) is 19.1. The molecule has 0 aliphatic rings. The van der Waals surface area contributed by atoms with E-state index in [0.29, 0.717) is 28.1 Å². The smallest absolute Gasteiger partial charge is 0.260 e. The monoisotopic (exact) mass is 411 g/mol. The average Bonchev–Trinajstić information content (AvgIpc) is 2.55. The second-order valence-electron chi connectivity index (χ2n) is 6.13. The van der Waals surface area contributed by atoms with Crippen molar-refractivity contribution in [1.29, 1.82) is 0 Å². The van der Waals surface area contributed by atoms with Crippen LogP contribution in [0.3, 0.4) is 0 Å². The van der Waals surface area contributed by atoms with E-state index in [9.17, 15) is 4.79 Å². The number of carbonyl (C=O) groups excluding carboxylic acids is 1. The number of ether oxygens (including phenoxy) is 1. The topological polar surface area (TPSA) is 38.3 Å². The van der Waals surface area contributed by atoms with Gasteiger partial charge in [-0.3, -0.25) is 4.79 Å². The van der Waals surface area contributed by atoms with Crippen molar-refractivity contribution in [3.8, 4) is 5.75 Å². The van der Waals surface area contributed by atoms with Crippen molar-refractivity contribution in [2.75, 3.05) is 12.3 Å². The number of rotatable bonds is 8. The Hall–Kier alpha value is -1.36. The fourth-order valence-electron chi connectivity index (χ4n) is 2.49. The van der Waals surface area contributed by atoms with E-state index >= 15 is 0 Å². The molecule has 2 aromatic rings. The Kier molecular flexibility index (Phi) is 8.14. The van der Waals surface area contributed by atoms with Crippen molar-refractivity contribution in [3.63, 3.8) is 0 Å². The summed E-state index contributed by atoms with van der Waals surface area (Å²) >= 11 is 14.0. The number of halogens is 2. The Morgan fingerprint density at radius 1 is 1.15 bits per heavy atom. The van der Waals surface area contributed by atoms with Crippen molar-refractivity contribution in [2.24, 2.45) is 0 Å². The summed E-state index contributed by atoms with van der Waals surface area (Å²) in [5, 5.41) is 4.24. The summed E-state index contributed by atoms with van der Waals surface area (Å²) in [4.78, 5) is 12.2. The zero-order valence-corrected chi connectivity index (χ0v) is 17.5. The van der Waals surface area contributed by atoms with Gasteiger partial charge in [-0.05, 0) is 61.7 Å². The van der Waals surface area contributed by atoms with Gasteiger partial charge in [0.25, 0.3) is 5.91 Å². The minimum Gasteiger partial charge on any atom is -0.481 e. The lowest BCUT2D eigenvalue weighted by molar-refractivity contribution is -0.127. The third kappa shape index (κ3) is 6.42. The Bertz CT molecular complexity index is 727. The minimum atomic E-state index is -0.542. The van der Waals surface area contributed by atoms with Gasteiger partial charge in [-0.1, -0.05) is 35.3 Å². The molecule has 0 aliphatic carbocycles. The summed E-state index contributed by atoms with van der Waals surface area (Å²) in [6.07, 6.45) is -0.542. The lowest BCUT2D eigenvalue weighted by Gasteiger charge is -2.15. The van der Waals surface area contributed by atoms with E-state index in [0.717, 1.165) is 22.4 Å². The number of hydrogen-bond donors (Lipinski definition) is 1. The molecule has 6 heteroatoms. The summed E-state index contributed by atoms with van der Waals surface area (Å²) in [5.74, 6) is 2.07. The van der Waals surface area contributed by atoms with E-state index in [2.05, 4.69) is 11.4 Å². The second kappa shape index (κ2) is 10.1. The van der Waals surface area contributed by atoms with E-state index in [1.54, 1.807) is 18.7 Å². The highest BCUT2D eigenvalue weighted by atomic mass is 35.5. The van der Waals surface area contributed by atoms with E-state index in [1.165, 1.54) is 0 Å². The molecule has 2 aromatic carbocycles. The van der Waals surface area contributed by atoms with Crippen LogP contribution in [0, 0.1) is 13.8 Å². The van der Waals surface area contributed by atoms with Crippen molar-refractivity contribution in [1.82, 2.24) is 5.32 Å². The first kappa shape index (κ1) is 20.9. The summed E-state index contributed by atoms with van der Waals surface area (Å²) < 4.78 is 5.74. The molecule has 0 fully saturated rings. The Labute approximate surface area is 169 Å². The maximum atomic E-state index is 12.2. The summed E-state index contributed by atoms with van der Waals surface area (Å²) in [5.41, 5.74) is 3.16. The summed E-state index contributed by atoms with van der Waals surface area (Å²) in [6, 6.07) is 11.4. The Morgan fingerprint density at radius 3 is 2.38 bits per heavy atom. The van der Waals surface area contributed by atoms with Crippen LogP contribution in [0.15, 0.2) is 36.4 Å². The number of hydrogen-bond acceptors (Lipinski definition) is 3. The van der Waals surface area contributed by atoms with Gasteiger partial charge in [0.1, 0.15) is 5.75 Å². The molecule has 26 heavy (non-hydrogen) atoms. The molecular weight excluding hydrogens is 389 g/mol. The first-order valence-electron chi connectivity index (χ1n) is 8.40. The van der Waals surface area contributed by atoms with Gasteiger partial charge in [0, 0.05) is 28.1 Å². The highest BCUT2D eigenvalue weighted by Gasteiger charge is 2.14. The first-order valence-corrected chi connectivity index (χ1v) is 10.3. The lowest BCUT2D eigenvalue weighted by Crippen LogP contribution is -2.37. The zero-order valence-electron chi connectivity index (χ0n) is 15.1. The van der Waals surface area contributed by atoms with Gasteiger partial charge < -0.3 is 10.1 Å². The number of nitrogens with one attached hydrogen (secondary N) is 1. The number of amides is 1. The number of carbonyl (C=O) groups is 1. The van der Waals surface area contributed by atoms with Gasteiger partial charge in [-0.25, -0.2) is 0 Å². The molecule has 1 atom stereocenters. The predicted molar refractivity (Wildman–Crippen MR) is 112 cm³/mol. The lowest BCUT2D eigenvalue weighted by atomic mass is 10.1. The molecule has 0 saturated heterocycles.